The van der Waals surface area contributed by atoms with E-state index < -0.39 is 57.4 Å². The molecule has 3 rings (SSSR count). The van der Waals surface area contributed by atoms with Crippen LogP contribution in [0.2, 0.25) is 5.02 Å². The third-order valence-corrected chi connectivity index (χ3v) is 8.37. The lowest BCUT2D eigenvalue weighted by molar-refractivity contribution is -0.139. The van der Waals surface area contributed by atoms with Gasteiger partial charge in [-0.05, 0) is 53.6 Å². The number of aromatic carboxylic acids is 1. The van der Waals surface area contributed by atoms with Gasteiger partial charge >= 0.3 is 11.9 Å². The number of amides is 1. The summed E-state index contributed by atoms with van der Waals surface area (Å²) < 4.78 is 27.5. The minimum absolute atomic E-state index is 0.0189. The number of nitrogens with one attached hydrogen (secondary N) is 2. The molecule has 0 spiro atoms. The molecule has 0 heterocycles. The van der Waals surface area contributed by atoms with Crippen molar-refractivity contribution in [2.75, 3.05) is 5.75 Å². The lowest BCUT2D eigenvalue weighted by atomic mass is 10.1. The van der Waals surface area contributed by atoms with E-state index in [1.807, 2.05) is 12.1 Å². The van der Waals surface area contributed by atoms with E-state index in [1.54, 1.807) is 12.1 Å². The molecular weight excluding hydrogens is 596 g/mol. The molecule has 1 atom stereocenters. The highest BCUT2D eigenvalue weighted by molar-refractivity contribution is 7.99. The molecular formula is C27H25ClN2O9S2. The molecule has 0 unspecified atom stereocenters. The van der Waals surface area contributed by atoms with Crippen molar-refractivity contribution in [2.24, 2.45) is 0 Å². The number of Topliss-reactive ketones (excluding diaryl/α,β-unsaturated/α-hetero) is 1. The summed E-state index contributed by atoms with van der Waals surface area (Å²) in [5.74, 6) is -3.97. The van der Waals surface area contributed by atoms with Crippen LogP contribution in [0.3, 0.4) is 0 Å². The predicted octanol–water partition coefficient (Wildman–Crippen LogP) is 3.30. The maximum Gasteiger partial charge on any atom is 0.339 e. The zero-order chi connectivity index (χ0) is 30.2. The third kappa shape index (κ3) is 9.32. The molecule has 0 bridgehead atoms. The summed E-state index contributed by atoms with van der Waals surface area (Å²) in [7, 11) is -4.13. The van der Waals surface area contributed by atoms with Crippen molar-refractivity contribution in [2.45, 2.75) is 29.7 Å². The Morgan fingerprint density at radius 1 is 0.902 bits per heavy atom. The summed E-state index contributed by atoms with van der Waals surface area (Å²) in [6, 6.07) is 14.4. The molecule has 14 heteroatoms. The Balaban J connectivity index is 1.59. The number of rotatable bonds is 14. The number of hydrogen-bond donors (Lipinski definition) is 5. The standard InChI is InChI=1S/C27H25ClN2O9S2/c28-19-7-3-17(4-8-19)14-40-15-24(32)22(12-25(33)34)30-26(35)18-5-1-16(2-6-18)13-29-41(38,39)20-9-10-23(31)21(11-20)27(36)37/h1-11,22,29,31H,12-15H2,(H,30,35)(H,33,34)(H,36,37)/t22-/m0/s1. The predicted molar refractivity (Wildman–Crippen MR) is 152 cm³/mol. The summed E-state index contributed by atoms with van der Waals surface area (Å²) >= 11 is 7.14. The van der Waals surface area contributed by atoms with Gasteiger partial charge < -0.3 is 20.6 Å². The number of thioether (sulfide) groups is 1. The molecule has 0 aliphatic rings. The van der Waals surface area contributed by atoms with E-state index in [4.69, 9.17) is 16.7 Å². The molecule has 11 nitrogen and oxygen atoms in total. The fourth-order valence-corrected chi connectivity index (χ4v) is 5.60. The molecule has 0 aromatic heterocycles. The fraction of sp³-hybridized carbons (Fsp3) is 0.185. The maximum atomic E-state index is 12.7. The number of hydrogen-bond acceptors (Lipinski definition) is 8. The number of carboxylic acid groups (broad SMARTS) is 2. The first-order chi connectivity index (χ1) is 19.4. The van der Waals surface area contributed by atoms with E-state index in [0.717, 1.165) is 23.8 Å². The first-order valence-electron chi connectivity index (χ1n) is 11.9. The molecule has 0 aliphatic carbocycles. The molecule has 41 heavy (non-hydrogen) atoms. The van der Waals surface area contributed by atoms with E-state index in [9.17, 15) is 37.8 Å². The lowest BCUT2D eigenvalue weighted by Crippen LogP contribution is -2.43. The van der Waals surface area contributed by atoms with Crippen molar-refractivity contribution >= 4 is 57.0 Å². The van der Waals surface area contributed by atoms with Gasteiger partial charge in [-0.15, -0.1) is 11.8 Å². The van der Waals surface area contributed by atoms with Gasteiger partial charge in [-0.25, -0.2) is 17.9 Å². The fourth-order valence-electron chi connectivity index (χ4n) is 3.50. The van der Waals surface area contributed by atoms with Crippen LogP contribution in [0.5, 0.6) is 5.75 Å². The number of sulfonamides is 1. The molecule has 0 aliphatic heterocycles. The smallest absolute Gasteiger partial charge is 0.339 e. The number of benzene rings is 3. The molecule has 1 amide bonds. The Labute approximate surface area is 244 Å². The van der Waals surface area contributed by atoms with E-state index in [1.165, 1.54) is 36.0 Å². The van der Waals surface area contributed by atoms with Gasteiger partial charge in [-0.1, -0.05) is 35.9 Å². The Morgan fingerprint density at radius 3 is 2.15 bits per heavy atom. The Bertz CT molecular complexity index is 1540. The van der Waals surface area contributed by atoms with Gasteiger partial charge in [0.15, 0.2) is 5.78 Å². The van der Waals surface area contributed by atoms with E-state index >= 15 is 0 Å². The summed E-state index contributed by atoms with van der Waals surface area (Å²) in [5, 5.41) is 30.9. The average molecular weight is 621 g/mol. The highest BCUT2D eigenvalue weighted by Crippen LogP contribution is 2.22. The van der Waals surface area contributed by atoms with Crippen molar-refractivity contribution < 1.29 is 42.9 Å². The highest BCUT2D eigenvalue weighted by atomic mass is 35.5. The zero-order valence-electron chi connectivity index (χ0n) is 21.2. The van der Waals surface area contributed by atoms with Crippen LogP contribution in [-0.4, -0.2) is 59.2 Å². The highest BCUT2D eigenvalue weighted by Gasteiger charge is 2.24. The Kier molecular flexibility index (Phi) is 10.9. The Morgan fingerprint density at radius 2 is 1.54 bits per heavy atom. The van der Waals surface area contributed by atoms with Crippen molar-refractivity contribution in [1.29, 1.82) is 0 Å². The topological polar surface area (TPSA) is 187 Å². The number of halogens is 1. The second-order valence-corrected chi connectivity index (χ2v) is 11.9. The minimum Gasteiger partial charge on any atom is -0.507 e. The van der Waals surface area contributed by atoms with Gasteiger partial charge in [-0.2, -0.15) is 0 Å². The van der Waals surface area contributed by atoms with Gasteiger partial charge in [0.1, 0.15) is 11.3 Å². The lowest BCUT2D eigenvalue weighted by Gasteiger charge is -2.16. The molecule has 5 N–H and O–H groups in total. The van der Waals surface area contributed by atoms with Gasteiger partial charge in [0.25, 0.3) is 5.91 Å². The van der Waals surface area contributed by atoms with Crippen LogP contribution in [0.4, 0.5) is 0 Å². The van der Waals surface area contributed by atoms with Crippen LogP contribution in [0.15, 0.2) is 71.6 Å². The normalized spacial score (nSPS) is 11.9. The van der Waals surface area contributed by atoms with Gasteiger partial charge in [-0.3, -0.25) is 14.4 Å². The van der Waals surface area contributed by atoms with E-state index in [0.29, 0.717) is 16.3 Å². The largest absolute Gasteiger partial charge is 0.507 e. The second-order valence-electron chi connectivity index (χ2n) is 8.72. The van der Waals surface area contributed by atoms with Crippen molar-refractivity contribution in [3.8, 4) is 5.75 Å². The van der Waals surface area contributed by atoms with E-state index in [2.05, 4.69) is 10.0 Å². The number of carboxylic acids is 2. The van der Waals surface area contributed by atoms with Crippen LogP contribution in [-0.2, 0) is 31.9 Å². The number of phenols is 1. The summed E-state index contributed by atoms with van der Waals surface area (Å²) in [4.78, 5) is 47.5. The summed E-state index contributed by atoms with van der Waals surface area (Å²) in [6.07, 6.45) is -0.590. The van der Waals surface area contributed by atoms with Crippen LogP contribution in [0, 0.1) is 0 Å². The first kappa shape index (κ1) is 31.6. The van der Waals surface area contributed by atoms with Gasteiger partial charge in [0.05, 0.1) is 23.1 Å². The molecule has 216 valence electrons. The second kappa shape index (κ2) is 14.1. The molecule has 0 saturated carbocycles. The summed E-state index contributed by atoms with van der Waals surface area (Å²) in [6.45, 7) is -0.196. The monoisotopic (exact) mass is 620 g/mol. The number of aromatic hydroxyl groups is 1. The van der Waals surface area contributed by atoms with Crippen LogP contribution in [0.25, 0.3) is 0 Å². The SMILES string of the molecule is O=C(O)C[C@H](NC(=O)c1ccc(CNS(=O)(=O)c2ccc(O)c(C(=O)O)c2)cc1)C(=O)CSCc1ccc(Cl)cc1. The first-order valence-corrected chi connectivity index (χ1v) is 14.9. The van der Waals surface area contributed by atoms with Crippen molar-refractivity contribution in [3.63, 3.8) is 0 Å². The number of ketones is 1. The van der Waals surface area contributed by atoms with Crippen molar-refractivity contribution in [1.82, 2.24) is 10.0 Å². The number of carbonyl (C=O) groups excluding carboxylic acids is 2. The van der Waals surface area contributed by atoms with Gasteiger partial charge in [0.2, 0.25) is 10.0 Å². The molecule has 3 aromatic carbocycles. The zero-order valence-corrected chi connectivity index (χ0v) is 23.6. The maximum absolute atomic E-state index is 12.7. The van der Waals surface area contributed by atoms with E-state index in [-0.39, 0.29) is 22.8 Å². The minimum atomic E-state index is -4.13. The Hall–Kier alpha value is -3.91. The number of aliphatic carboxylic acids is 1. The molecule has 0 fully saturated rings. The summed E-state index contributed by atoms with van der Waals surface area (Å²) in [5.41, 5.74) is 0.946. The van der Waals surface area contributed by atoms with Crippen LogP contribution >= 0.6 is 23.4 Å². The van der Waals surface area contributed by atoms with Crippen LogP contribution < -0.4 is 10.0 Å². The molecule has 0 saturated heterocycles. The molecule has 3 aromatic rings. The average Bonchev–Trinajstić information content (AvgIpc) is 2.92. The quantitative estimate of drug-likeness (QED) is 0.179. The van der Waals surface area contributed by atoms with Crippen LogP contribution in [0.1, 0.15) is 38.3 Å². The number of carbonyl (C=O) groups is 4. The molecule has 0 radical (unpaired) electrons. The van der Waals surface area contributed by atoms with Crippen molar-refractivity contribution in [3.05, 3.63) is 94.0 Å². The van der Waals surface area contributed by atoms with Gasteiger partial charge in [0, 0.05) is 22.9 Å². The third-order valence-electron chi connectivity index (χ3n) is 5.69.